The first-order valence-corrected chi connectivity index (χ1v) is 9.64. The molecule has 0 spiro atoms. The maximum Gasteiger partial charge on any atom is 0.228 e. The number of benzene rings is 2. The summed E-state index contributed by atoms with van der Waals surface area (Å²) in [6.45, 7) is 0.394. The van der Waals surface area contributed by atoms with Crippen LogP contribution < -0.4 is 10.1 Å². The van der Waals surface area contributed by atoms with Crippen molar-refractivity contribution >= 4 is 11.7 Å². The number of carbonyl (C=O) groups is 2. The van der Waals surface area contributed by atoms with E-state index >= 15 is 0 Å². The normalized spacial score (nSPS) is 19.4. The highest BCUT2D eigenvalue weighted by molar-refractivity contribution is 6.06. The summed E-state index contributed by atoms with van der Waals surface area (Å²) in [6.07, 6.45) is 5.82. The first-order chi connectivity index (χ1) is 14.2. The van der Waals surface area contributed by atoms with E-state index in [9.17, 15) is 9.59 Å². The molecule has 29 heavy (non-hydrogen) atoms. The highest BCUT2D eigenvalue weighted by Crippen LogP contribution is 2.38. The van der Waals surface area contributed by atoms with Crippen LogP contribution in [0, 0.1) is 0 Å². The largest absolute Gasteiger partial charge is 0.487 e. The Hall–Kier alpha value is -3.54. The Labute approximate surface area is 168 Å². The summed E-state index contributed by atoms with van der Waals surface area (Å²) < 4.78 is 6.16. The molecule has 0 saturated carbocycles. The topological polar surface area (TPSA) is 81.2 Å². The molecule has 2 atom stereocenters. The fourth-order valence-corrected chi connectivity index (χ4v) is 4.15. The summed E-state index contributed by atoms with van der Waals surface area (Å²) in [5, 5.41) is 2.98. The second kappa shape index (κ2) is 7.13. The number of fused-ring (bicyclic) bond motifs is 2. The number of carbonyl (C=O) groups excluding carboxylic acids is 2. The molecule has 0 bridgehead atoms. The van der Waals surface area contributed by atoms with E-state index in [1.807, 2.05) is 36.4 Å². The third-order valence-corrected chi connectivity index (χ3v) is 5.55. The van der Waals surface area contributed by atoms with E-state index in [0.717, 1.165) is 34.4 Å². The fraction of sp³-hybridized carbons (Fsp3) is 0.217. The zero-order valence-corrected chi connectivity index (χ0v) is 15.7. The number of para-hydroxylation sites is 1. The van der Waals surface area contributed by atoms with Crippen LogP contribution >= 0.6 is 0 Å². The SMILES string of the molecule is O=C1C[C@@H](C(=O)NC[C@H]2Cc3cccc(-c4cncnc4)c3O2)c2ccccc21. The van der Waals surface area contributed by atoms with Gasteiger partial charge in [0, 0.05) is 41.9 Å². The molecule has 1 N–H and O–H groups in total. The van der Waals surface area contributed by atoms with Gasteiger partial charge in [-0.2, -0.15) is 0 Å². The van der Waals surface area contributed by atoms with Gasteiger partial charge in [-0.1, -0.05) is 42.5 Å². The Kier molecular flexibility index (Phi) is 4.31. The summed E-state index contributed by atoms with van der Waals surface area (Å²) in [6, 6.07) is 13.4. The number of hydrogen-bond acceptors (Lipinski definition) is 5. The molecule has 0 fully saturated rings. The average Bonchev–Trinajstić information content (AvgIpc) is 3.34. The van der Waals surface area contributed by atoms with Gasteiger partial charge in [0.25, 0.3) is 0 Å². The van der Waals surface area contributed by atoms with Crippen molar-refractivity contribution in [2.24, 2.45) is 0 Å². The second-order valence-electron chi connectivity index (χ2n) is 7.38. The number of Topliss-reactive ketones (excluding diaryl/α,β-unsaturated/α-hetero) is 1. The molecule has 2 aromatic carbocycles. The zero-order chi connectivity index (χ0) is 19.8. The lowest BCUT2D eigenvalue weighted by Crippen LogP contribution is -2.37. The number of aromatic nitrogens is 2. The first kappa shape index (κ1) is 17.6. The molecule has 0 radical (unpaired) electrons. The fourth-order valence-electron chi connectivity index (χ4n) is 4.15. The van der Waals surface area contributed by atoms with Gasteiger partial charge < -0.3 is 10.1 Å². The van der Waals surface area contributed by atoms with Crippen molar-refractivity contribution in [2.75, 3.05) is 6.54 Å². The van der Waals surface area contributed by atoms with Crippen molar-refractivity contribution in [3.63, 3.8) is 0 Å². The van der Waals surface area contributed by atoms with Gasteiger partial charge in [0.15, 0.2) is 5.78 Å². The van der Waals surface area contributed by atoms with E-state index in [2.05, 4.69) is 15.3 Å². The predicted molar refractivity (Wildman–Crippen MR) is 107 cm³/mol. The van der Waals surface area contributed by atoms with E-state index in [0.29, 0.717) is 12.1 Å². The van der Waals surface area contributed by atoms with Crippen LogP contribution in [0.4, 0.5) is 0 Å². The van der Waals surface area contributed by atoms with Gasteiger partial charge in [0.2, 0.25) is 5.91 Å². The van der Waals surface area contributed by atoms with Crippen molar-refractivity contribution in [2.45, 2.75) is 24.9 Å². The molecule has 5 rings (SSSR count). The number of amides is 1. The third kappa shape index (κ3) is 3.16. The van der Waals surface area contributed by atoms with Crippen LogP contribution in [-0.4, -0.2) is 34.3 Å². The lowest BCUT2D eigenvalue weighted by Gasteiger charge is -2.16. The van der Waals surface area contributed by atoms with Crippen LogP contribution in [0.2, 0.25) is 0 Å². The molecule has 1 amide bonds. The number of nitrogens with one attached hydrogen (secondary N) is 1. The van der Waals surface area contributed by atoms with Gasteiger partial charge in [-0.25, -0.2) is 9.97 Å². The number of ether oxygens (including phenoxy) is 1. The summed E-state index contributed by atoms with van der Waals surface area (Å²) in [5.41, 5.74) is 4.43. The summed E-state index contributed by atoms with van der Waals surface area (Å²) in [7, 11) is 0. The quantitative estimate of drug-likeness (QED) is 0.747. The molecule has 0 unspecified atom stereocenters. The van der Waals surface area contributed by atoms with E-state index in [4.69, 9.17) is 4.74 Å². The van der Waals surface area contributed by atoms with E-state index in [1.54, 1.807) is 18.5 Å². The summed E-state index contributed by atoms with van der Waals surface area (Å²) >= 11 is 0. The lowest BCUT2D eigenvalue weighted by atomic mass is 10.0. The highest BCUT2D eigenvalue weighted by atomic mass is 16.5. The van der Waals surface area contributed by atoms with Crippen LogP contribution in [0.15, 0.2) is 61.2 Å². The second-order valence-corrected chi connectivity index (χ2v) is 7.38. The molecule has 6 nitrogen and oxygen atoms in total. The van der Waals surface area contributed by atoms with Gasteiger partial charge in [-0.05, 0) is 11.1 Å². The number of rotatable bonds is 4. The van der Waals surface area contributed by atoms with Crippen molar-refractivity contribution in [3.8, 4) is 16.9 Å². The van der Waals surface area contributed by atoms with E-state index in [-0.39, 0.29) is 24.2 Å². The van der Waals surface area contributed by atoms with E-state index in [1.165, 1.54) is 6.33 Å². The van der Waals surface area contributed by atoms with Crippen LogP contribution in [0.3, 0.4) is 0 Å². The van der Waals surface area contributed by atoms with Crippen molar-refractivity contribution in [1.29, 1.82) is 0 Å². The lowest BCUT2D eigenvalue weighted by molar-refractivity contribution is -0.122. The Bertz CT molecular complexity index is 1100. The maximum absolute atomic E-state index is 12.7. The monoisotopic (exact) mass is 385 g/mol. The number of nitrogens with zero attached hydrogens (tertiary/aromatic N) is 2. The van der Waals surface area contributed by atoms with Gasteiger partial charge in [-0.15, -0.1) is 0 Å². The average molecular weight is 385 g/mol. The van der Waals surface area contributed by atoms with E-state index < -0.39 is 5.92 Å². The minimum Gasteiger partial charge on any atom is -0.487 e. The highest BCUT2D eigenvalue weighted by Gasteiger charge is 2.34. The molecule has 3 aromatic rings. The molecular formula is C23H19N3O3. The minimum absolute atomic E-state index is 0.0278. The smallest absolute Gasteiger partial charge is 0.228 e. The molecule has 2 aliphatic rings. The van der Waals surface area contributed by atoms with Gasteiger partial charge in [0.05, 0.1) is 12.5 Å². The van der Waals surface area contributed by atoms with Crippen LogP contribution in [-0.2, 0) is 11.2 Å². The number of hydrogen-bond donors (Lipinski definition) is 1. The standard InChI is InChI=1S/C23H19N3O3/c27-21-9-20(18-5-1-2-6-19(18)21)23(28)26-12-16-8-14-4-3-7-17(22(14)29-16)15-10-24-13-25-11-15/h1-7,10-11,13,16,20H,8-9,12H2,(H,26,28)/t16-,20-/m1/s1. The van der Waals surface area contributed by atoms with Crippen molar-refractivity contribution in [3.05, 3.63) is 77.9 Å². The van der Waals surface area contributed by atoms with Crippen molar-refractivity contribution in [1.82, 2.24) is 15.3 Å². The molecule has 6 heteroatoms. The van der Waals surface area contributed by atoms with Gasteiger partial charge in [-0.3, -0.25) is 9.59 Å². The molecule has 0 saturated heterocycles. The third-order valence-electron chi connectivity index (χ3n) is 5.55. The molecule has 1 aliphatic heterocycles. The molecular weight excluding hydrogens is 366 g/mol. The first-order valence-electron chi connectivity index (χ1n) is 9.64. The zero-order valence-electron chi connectivity index (χ0n) is 15.7. The van der Waals surface area contributed by atoms with Gasteiger partial charge in [0.1, 0.15) is 18.2 Å². The molecule has 144 valence electrons. The number of ketones is 1. The predicted octanol–water partition coefficient (Wildman–Crippen LogP) is 2.93. The van der Waals surface area contributed by atoms with Gasteiger partial charge >= 0.3 is 0 Å². The maximum atomic E-state index is 12.7. The Balaban J connectivity index is 1.27. The van der Waals surface area contributed by atoms with Crippen LogP contribution in [0.1, 0.15) is 33.8 Å². The van der Waals surface area contributed by atoms with Crippen LogP contribution in [0.25, 0.3) is 11.1 Å². The summed E-state index contributed by atoms with van der Waals surface area (Å²) in [5.74, 6) is 0.307. The minimum atomic E-state index is -0.417. The molecule has 1 aliphatic carbocycles. The van der Waals surface area contributed by atoms with Crippen molar-refractivity contribution < 1.29 is 14.3 Å². The Morgan fingerprint density at radius 1 is 1.03 bits per heavy atom. The molecule has 1 aromatic heterocycles. The van der Waals surface area contributed by atoms with Crippen LogP contribution in [0.5, 0.6) is 5.75 Å². The Morgan fingerprint density at radius 2 is 1.83 bits per heavy atom. The summed E-state index contributed by atoms with van der Waals surface area (Å²) in [4.78, 5) is 33.0. The Morgan fingerprint density at radius 3 is 2.69 bits per heavy atom. The molecule has 2 heterocycles.